The average Bonchev–Trinajstić information content (AvgIpc) is 2.39. The minimum absolute atomic E-state index is 0.111. The van der Waals surface area contributed by atoms with Crippen LogP contribution in [-0.2, 0) is 14.3 Å². The number of nitrogens with one attached hydrogen (secondary N) is 1. The quantitative estimate of drug-likeness (QED) is 0.789. The van der Waals surface area contributed by atoms with E-state index in [0.717, 1.165) is 32.1 Å². The van der Waals surface area contributed by atoms with E-state index in [1.807, 2.05) is 6.92 Å². The summed E-state index contributed by atoms with van der Waals surface area (Å²) in [5, 5.41) is 2.66. The molecule has 0 aliphatic carbocycles. The number of carbonyl (C=O) groups excluding carboxylic acids is 2. The van der Waals surface area contributed by atoms with E-state index < -0.39 is 17.7 Å². The zero-order valence-electron chi connectivity index (χ0n) is 15.3. The molecule has 0 aromatic rings. The average molecular weight is 327 g/mol. The van der Waals surface area contributed by atoms with E-state index in [2.05, 4.69) is 12.2 Å². The summed E-state index contributed by atoms with van der Waals surface area (Å²) < 4.78 is 10.8. The molecule has 1 aliphatic rings. The van der Waals surface area contributed by atoms with Crippen molar-refractivity contribution in [2.75, 3.05) is 0 Å². The molecular weight excluding hydrogens is 294 g/mol. The molecule has 134 valence electrons. The maximum atomic E-state index is 12.3. The third kappa shape index (κ3) is 8.24. The predicted octanol–water partition coefficient (Wildman–Crippen LogP) is 4.19. The minimum atomic E-state index is -0.616. The van der Waals surface area contributed by atoms with Gasteiger partial charge in [0, 0.05) is 0 Å². The van der Waals surface area contributed by atoms with Crippen LogP contribution in [0.4, 0.5) is 4.79 Å². The second-order valence-corrected chi connectivity index (χ2v) is 7.62. The van der Waals surface area contributed by atoms with E-state index in [1.165, 1.54) is 6.42 Å². The smallest absolute Gasteiger partial charge is 0.408 e. The first-order valence-electron chi connectivity index (χ1n) is 8.91. The van der Waals surface area contributed by atoms with Gasteiger partial charge in [-0.2, -0.15) is 0 Å². The van der Waals surface area contributed by atoms with Gasteiger partial charge in [0.15, 0.2) is 0 Å². The fourth-order valence-electron chi connectivity index (χ4n) is 3.07. The third-order valence-corrected chi connectivity index (χ3v) is 4.01. The summed E-state index contributed by atoms with van der Waals surface area (Å²) >= 11 is 0. The number of hydrogen-bond donors (Lipinski definition) is 1. The van der Waals surface area contributed by atoms with Crippen LogP contribution < -0.4 is 5.32 Å². The Kier molecular flexibility index (Phi) is 7.86. The summed E-state index contributed by atoms with van der Waals surface area (Å²) in [5.41, 5.74) is -0.579. The van der Waals surface area contributed by atoms with Gasteiger partial charge in [-0.05, 0) is 46.5 Å². The summed E-state index contributed by atoms with van der Waals surface area (Å²) in [7, 11) is 0. The Balaban J connectivity index is 2.62. The zero-order valence-corrected chi connectivity index (χ0v) is 15.3. The minimum Gasteiger partial charge on any atom is -0.461 e. The Hall–Kier alpha value is -1.26. The normalized spacial score (nSPS) is 27.0. The van der Waals surface area contributed by atoms with E-state index in [9.17, 15) is 9.59 Å². The molecular formula is C18H33NO4. The van der Waals surface area contributed by atoms with Crippen molar-refractivity contribution in [3.8, 4) is 0 Å². The highest BCUT2D eigenvalue weighted by molar-refractivity contribution is 5.81. The van der Waals surface area contributed by atoms with Crippen LogP contribution in [0.3, 0.4) is 0 Å². The molecule has 0 unspecified atom stereocenters. The van der Waals surface area contributed by atoms with Gasteiger partial charge in [0.25, 0.3) is 0 Å². The van der Waals surface area contributed by atoms with E-state index >= 15 is 0 Å². The van der Waals surface area contributed by atoms with E-state index in [0.29, 0.717) is 12.3 Å². The Morgan fingerprint density at radius 1 is 1.30 bits per heavy atom. The lowest BCUT2D eigenvalue weighted by Crippen LogP contribution is -2.45. The molecule has 1 fully saturated rings. The molecule has 0 bridgehead atoms. The van der Waals surface area contributed by atoms with E-state index in [-0.39, 0.29) is 12.1 Å². The van der Waals surface area contributed by atoms with Gasteiger partial charge in [-0.3, -0.25) is 0 Å². The van der Waals surface area contributed by atoms with E-state index in [1.54, 1.807) is 20.8 Å². The third-order valence-electron chi connectivity index (χ3n) is 4.01. The SMILES string of the molecule is CCC[C@H]1CCCC[C@H](NC(=O)OC(C)(C)C)C(=O)O[C@@H](C)C1. The first-order chi connectivity index (χ1) is 10.7. The molecule has 0 aromatic carbocycles. The number of esters is 1. The molecule has 1 N–H and O–H groups in total. The molecule has 5 heteroatoms. The van der Waals surface area contributed by atoms with Crippen molar-refractivity contribution in [2.24, 2.45) is 5.92 Å². The highest BCUT2D eigenvalue weighted by Crippen LogP contribution is 2.24. The molecule has 0 aromatic heterocycles. The lowest BCUT2D eigenvalue weighted by atomic mass is 9.90. The molecule has 1 amide bonds. The van der Waals surface area contributed by atoms with Crippen molar-refractivity contribution in [1.82, 2.24) is 5.32 Å². The summed E-state index contributed by atoms with van der Waals surface area (Å²) in [4.78, 5) is 24.2. The van der Waals surface area contributed by atoms with Crippen molar-refractivity contribution in [2.45, 2.75) is 97.3 Å². The monoisotopic (exact) mass is 327 g/mol. The van der Waals surface area contributed by atoms with Gasteiger partial charge in [-0.1, -0.05) is 39.0 Å². The lowest BCUT2D eigenvalue weighted by Gasteiger charge is -2.27. The number of hydrogen-bond acceptors (Lipinski definition) is 4. The van der Waals surface area contributed by atoms with Gasteiger partial charge in [0.05, 0.1) is 6.10 Å². The lowest BCUT2D eigenvalue weighted by molar-refractivity contribution is -0.152. The maximum absolute atomic E-state index is 12.3. The van der Waals surface area contributed by atoms with Gasteiger partial charge in [-0.25, -0.2) is 9.59 Å². The van der Waals surface area contributed by atoms with Crippen molar-refractivity contribution < 1.29 is 19.1 Å². The second-order valence-electron chi connectivity index (χ2n) is 7.62. The number of rotatable bonds is 3. The Morgan fingerprint density at radius 2 is 1.96 bits per heavy atom. The number of amides is 1. The predicted molar refractivity (Wildman–Crippen MR) is 90.2 cm³/mol. The number of carbonyl (C=O) groups is 2. The van der Waals surface area contributed by atoms with Crippen LogP contribution in [0.15, 0.2) is 0 Å². The molecule has 1 saturated heterocycles. The molecule has 0 spiro atoms. The molecule has 3 atom stereocenters. The highest BCUT2D eigenvalue weighted by Gasteiger charge is 2.28. The van der Waals surface area contributed by atoms with Gasteiger partial charge in [-0.15, -0.1) is 0 Å². The van der Waals surface area contributed by atoms with Crippen LogP contribution in [0.1, 0.15) is 79.6 Å². The number of alkyl carbamates (subject to hydrolysis) is 1. The van der Waals surface area contributed by atoms with Crippen molar-refractivity contribution in [3.05, 3.63) is 0 Å². The summed E-state index contributed by atoms with van der Waals surface area (Å²) in [6.45, 7) is 9.53. The van der Waals surface area contributed by atoms with E-state index in [4.69, 9.17) is 9.47 Å². The van der Waals surface area contributed by atoms with Crippen LogP contribution in [0.2, 0.25) is 0 Å². The summed E-state index contributed by atoms with van der Waals surface area (Å²) in [5.74, 6) is 0.277. The van der Waals surface area contributed by atoms with Crippen LogP contribution >= 0.6 is 0 Å². The fourth-order valence-corrected chi connectivity index (χ4v) is 3.07. The second kappa shape index (κ2) is 9.14. The highest BCUT2D eigenvalue weighted by atomic mass is 16.6. The number of cyclic esters (lactones) is 1. The standard InChI is InChI=1S/C18H33NO4/c1-6-9-14-10-7-8-11-15(16(20)22-13(2)12-14)19-17(21)23-18(3,4)5/h13-15H,6-12H2,1-5H3,(H,19,21)/t13-,14-,15-/m0/s1. The van der Waals surface area contributed by atoms with Crippen LogP contribution in [0.25, 0.3) is 0 Å². The molecule has 1 aliphatic heterocycles. The van der Waals surface area contributed by atoms with Crippen LogP contribution in [-0.4, -0.2) is 29.8 Å². The molecule has 23 heavy (non-hydrogen) atoms. The topological polar surface area (TPSA) is 64.6 Å². The Morgan fingerprint density at radius 3 is 2.57 bits per heavy atom. The summed E-state index contributed by atoms with van der Waals surface area (Å²) in [6, 6.07) is -0.616. The maximum Gasteiger partial charge on any atom is 0.408 e. The van der Waals surface area contributed by atoms with Crippen LogP contribution in [0, 0.1) is 5.92 Å². The first-order valence-corrected chi connectivity index (χ1v) is 8.91. The first kappa shape index (κ1) is 19.8. The molecule has 0 radical (unpaired) electrons. The van der Waals surface area contributed by atoms with Crippen LogP contribution in [0.5, 0.6) is 0 Å². The van der Waals surface area contributed by atoms with Crippen molar-refractivity contribution >= 4 is 12.1 Å². The van der Waals surface area contributed by atoms with Gasteiger partial charge in [0.1, 0.15) is 11.6 Å². The van der Waals surface area contributed by atoms with Gasteiger partial charge in [0.2, 0.25) is 0 Å². The van der Waals surface area contributed by atoms with Gasteiger partial charge >= 0.3 is 12.1 Å². The molecule has 0 saturated carbocycles. The van der Waals surface area contributed by atoms with Crippen molar-refractivity contribution in [3.63, 3.8) is 0 Å². The molecule has 1 rings (SSSR count). The largest absolute Gasteiger partial charge is 0.461 e. The fraction of sp³-hybridized carbons (Fsp3) is 0.889. The summed E-state index contributed by atoms with van der Waals surface area (Å²) in [6.07, 6.45) is 6.32. The molecule has 1 heterocycles. The molecule has 5 nitrogen and oxygen atoms in total. The number of ether oxygens (including phenoxy) is 2. The Labute approximate surface area is 140 Å². The van der Waals surface area contributed by atoms with Crippen molar-refractivity contribution in [1.29, 1.82) is 0 Å². The van der Waals surface area contributed by atoms with Gasteiger partial charge < -0.3 is 14.8 Å². The Bertz CT molecular complexity index is 389. The zero-order chi connectivity index (χ0) is 17.5.